The van der Waals surface area contributed by atoms with Gasteiger partial charge < -0.3 is 5.32 Å². The van der Waals surface area contributed by atoms with Crippen LogP contribution in [0.3, 0.4) is 0 Å². The van der Waals surface area contributed by atoms with E-state index in [1.165, 1.54) is 29.0 Å². The summed E-state index contributed by atoms with van der Waals surface area (Å²) in [6.07, 6.45) is 1.19. The summed E-state index contributed by atoms with van der Waals surface area (Å²) in [5, 5.41) is 3.46. The number of anilines is 1. The minimum atomic E-state index is 1.11. The van der Waals surface area contributed by atoms with Crippen molar-refractivity contribution in [1.82, 2.24) is 0 Å². The van der Waals surface area contributed by atoms with Gasteiger partial charge in [-0.1, -0.05) is 25.1 Å². The van der Waals surface area contributed by atoms with Gasteiger partial charge in [0.05, 0.1) is 0 Å². The van der Waals surface area contributed by atoms with E-state index in [0.717, 1.165) is 12.3 Å². The summed E-state index contributed by atoms with van der Waals surface area (Å²) in [6, 6.07) is 6.65. The van der Waals surface area contributed by atoms with Gasteiger partial charge in [0.15, 0.2) is 0 Å². The largest absolute Gasteiger partial charge is 0.384 e. The highest BCUT2D eigenvalue weighted by atomic mass is 32.2. The first-order valence-electron chi connectivity index (χ1n) is 4.84. The molecule has 0 aliphatic carbocycles. The Hall–Kier alpha value is -0.630. The predicted octanol–water partition coefficient (Wildman–Crippen LogP) is 2.91. The maximum Gasteiger partial charge on any atom is 0.0414 e. The number of hydrogen-bond acceptors (Lipinski definition) is 2. The molecule has 0 radical (unpaired) electrons. The van der Waals surface area contributed by atoms with Gasteiger partial charge in [-0.3, -0.25) is 0 Å². The molecular formula is C11H15NS. The fourth-order valence-electron chi connectivity index (χ4n) is 1.74. The van der Waals surface area contributed by atoms with Crippen molar-refractivity contribution < 1.29 is 0 Å². The minimum Gasteiger partial charge on any atom is -0.384 e. The van der Waals surface area contributed by atoms with Crippen LogP contribution in [-0.2, 0) is 12.2 Å². The number of benzene rings is 1. The average Bonchev–Trinajstić information content (AvgIpc) is 2.62. The van der Waals surface area contributed by atoms with Crippen molar-refractivity contribution in [3.8, 4) is 0 Å². The lowest BCUT2D eigenvalue weighted by Crippen LogP contribution is -1.94. The zero-order valence-corrected chi connectivity index (χ0v) is 8.79. The Labute approximate surface area is 83.9 Å². The summed E-state index contributed by atoms with van der Waals surface area (Å²) in [6.45, 7) is 3.32. The molecule has 0 unspecified atom stereocenters. The number of para-hydroxylation sites is 1. The maximum absolute atomic E-state index is 3.46. The molecule has 0 amide bonds. The SMILES string of the molecule is CCSCc1cccc2c1NCC2. The second kappa shape index (κ2) is 4.05. The van der Waals surface area contributed by atoms with Crippen LogP contribution in [0.4, 0.5) is 5.69 Å². The lowest BCUT2D eigenvalue weighted by Gasteiger charge is -2.07. The van der Waals surface area contributed by atoms with E-state index in [0.29, 0.717) is 0 Å². The Balaban J connectivity index is 2.20. The lowest BCUT2D eigenvalue weighted by molar-refractivity contribution is 1.11. The van der Waals surface area contributed by atoms with Gasteiger partial charge in [0.25, 0.3) is 0 Å². The predicted molar refractivity (Wildman–Crippen MR) is 60.5 cm³/mol. The van der Waals surface area contributed by atoms with Gasteiger partial charge in [-0.15, -0.1) is 0 Å². The van der Waals surface area contributed by atoms with Gasteiger partial charge in [-0.2, -0.15) is 11.8 Å². The molecule has 0 aromatic heterocycles. The summed E-state index contributed by atoms with van der Waals surface area (Å²) in [7, 11) is 0. The summed E-state index contributed by atoms with van der Waals surface area (Å²) < 4.78 is 0. The number of fused-ring (bicyclic) bond motifs is 1. The van der Waals surface area contributed by atoms with E-state index in [9.17, 15) is 0 Å². The molecule has 1 N–H and O–H groups in total. The Morgan fingerprint density at radius 2 is 2.38 bits per heavy atom. The summed E-state index contributed by atoms with van der Waals surface area (Å²) >= 11 is 1.99. The standard InChI is InChI=1S/C11H15NS/c1-2-13-8-10-5-3-4-9-6-7-12-11(9)10/h3-5,12H,2,6-8H2,1H3. The van der Waals surface area contributed by atoms with E-state index in [-0.39, 0.29) is 0 Å². The van der Waals surface area contributed by atoms with Crippen molar-refractivity contribution in [2.45, 2.75) is 19.1 Å². The summed E-state index contributed by atoms with van der Waals surface area (Å²) in [4.78, 5) is 0. The molecule has 1 aliphatic rings. The van der Waals surface area contributed by atoms with E-state index in [4.69, 9.17) is 0 Å². The van der Waals surface area contributed by atoms with Crippen molar-refractivity contribution in [2.24, 2.45) is 0 Å². The normalized spacial score (nSPS) is 13.9. The molecule has 1 nitrogen and oxygen atoms in total. The Bertz CT molecular complexity index is 296. The molecule has 0 bridgehead atoms. The first-order valence-corrected chi connectivity index (χ1v) is 5.99. The molecule has 0 saturated heterocycles. The fourth-order valence-corrected chi connectivity index (χ4v) is 2.41. The lowest BCUT2D eigenvalue weighted by atomic mass is 10.1. The Kier molecular flexibility index (Phi) is 2.79. The summed E-state index contributed by atoms with van der Waals surface area (Å²) in [5.41, 5.74) is 4.37. The van der Waals surface area contributed by atoms with Crippen molar-refractivity contribution >= 4 is 17.4 Å². The van der Waals surface area contributed by atoms with Crippen LogP contribution in [0.15, 0.2) is 18.2 Å². The molecule has 13 heavy (non-hydrogen) atoms. The molecule has 1 aromatic rings. The number of rotatable bonds is 3. The highest BCUT2D eigenvalue weighted by Crippen LogP contribution is 2.28. The molecule has 0 spiro atoms. The van der Waals surface area contributed by atoms with Gasteiger partial charge in [0.2, 0.25) is 0 Å². The highest BCUT2D eigenvalue weighted by molar-refractivity contribution is 7.98. The zero-order chi connectivity index (χ0) is 9.10. The van der Waals surface area contributed by atoms with Gasteiger partial charge in [0.1, 0.15) is 0 Å². The van der Waals surface area contributed by atoms with Crippen molar-refractivity contribution in [1.29, 1.82) is 0 Å². The average molecular weight is 193 g/mol. The second-order valence-corrected chi connectivity index (χ2v) is 4.54. The highest BCUT2D eigenvalue weighted by Gasteiger charge is 2.12. The third-order valence-electron chi connectivity index (χ3n) is 2.39. The van der Waals surface area contributed by atoms with Crippen LogP contribution in [0.1, 0.15) is 18.1 Å². The van der Waals surface area contributed by atoms with Crippen LogP contribution < -0.4 is 5.32 Å². The first-order chi connectivity index (χ1) is 6.42. The van der Waals surface area contributed by atoms with Gasteiger partial charge in [-0.25, -0.2) is 0 Å². The van der Waals surface area contributed by atoms with Gasteiger partial charge in [-0.05, 0) is 23.3 Å². The Morgan fingerprint density at radius 3 is 3.23 bits per heavy atom. The number of thioether (sulfide) groups is 1. The Morgan fingerprint density at radius 1 is 1.46 bits per heavy atom. The third-order valence-corrected chi connectivity index (χ3v) is 3.32. The van der Waals surface area contributed by atoms with Crippen LogP contribution in [0.2, 0.25) is 0 Å². The quantitative estimate of drug-likeness (QED) is 0.792. The molecule has 1 heterocycles. The monoisotopic (exact) mass is 193 g/mol. The second-order valence-electron chi connectivity index (χ2n) is 3.27. The molecule has 2 heteroatoms. The molecule has 1 aromatic carbocycles. The smallest absolute Gasteiger partial charge is 0.0414 e. The molecule has 2 rings (SSSR count). The van der Waals surface area contributed by atoms with Gasteiger partial charge >= 0.3 is 0 Å². The topological polar surface area (TPSA) is 12.0 Å². The van der Waals surface area contributed by atoms with E-state index in [1.54, 1.807) is 0 Å². The van der Waals surface area contributed by atoms with E-state index in [1.807, 2.05) is 11.8 Å². The molecular weight excluding hydrogens is 178 g/mol. The molecule has 1 aliphatic heterocycles. The molecule has 0 fully saturated rings. The maximum atomic E-state index is 3.46. The number of hydrogen-bond donors (Lipinski definition) is 1. The zero-order valence-electron chi connectivity index (χ0n) is 7.97. The molecule has 70 valence electrons. The fraction of sp³-hybridized carbons (Fsp3) is 0.455. The van der Waals surface area contributed by atoms with Crippen molar-refractivity contribution in [3.05, 3.63) is 29.3 Å². The van der Waals surface area contributed by atoms with Crippen LogP contribution in [-0.4, -0.2) is 12.3 Å². The minimum absolute atomic E-state index is 1.11. The molecule has 0 saturated carbocycles. The first kappa shape index (κ1) is 8.95. The van der Waals surface area contributed by atoms with Crippen molar-refractivity contribution in [2.75, 3.05) is 17.6 Å². The van der Waals surface area contributed by atoms with Crippen molar-refractivity contribution in [3.63, 3.8) is 0 Å². The van der Waals surface area contributed by atoms with Crippen LogP contribution in [0.25, 0.3) is 0 Å². The molecule has 0 atom stereocenters. The van der Waals surface area contributed by atoms with Gasteiger partial charge in [0, 0.05) is 18.0 Å². The van der Waals surface area contributed by atoms with Crippen LogP contribution in [0, 0.1) is 0 Å². The van der Waals surface area contributed by atoms with Crippen LogP contribution in [0.5, 0.6) is 0 Å². The van der Waals surface area contributed by atoms with Crippen LogP contribution >= 0.6 is 11.8 Å². The summed E-state index contributed by atoms with van der Waals surface area (Å²) in [5.74, 6) is 2.34. The van der Waals surface area contributed by atoms with E-state index < -0.39 is 0 Å². The van der Waals surface area contributed by atoms with E-state index >= 15 is 0 Å². The van der Waals surface area contributed by atoms with E-state index in [2.05, 4.69) is 30.4 Å². The third kappa shape index (κ3) is 1.83. The number of nitrogens with one attached hydrogen (secondary N) is 1.